The lowest BCUT2D eigenvalue weighted by Crippen LogP contribution is -2.36. The zero-order valence-corrected chi connectivity index (χ0v) is 18.5. The van der Waals surface area contributed by atoms with E-state index in [1.807, 2.05) is 45.2 Å². The molecule has 2 N–H and O–H groups in total. The van der Waals surface area contributed by atoms with Crippen LogP contribution >= 0.6 is 0 Å². The molecular weight excluding hydrogens is 393 g/mol. The van der Waals surface area contributed by atoms with Crippen LogP contribution in [0.2, 0.25) is 0 Å². The number of aromatic nitrogens is 2. The average molecular weight is 422 g/mol. The molecule has 0 aliphatic heterocycles. The molecule has 2 aromatic carbocycles. The number of rotatable bonds is 5. The number of carbonyl (C=O) groups excluding carboxylic acids is 1. The molecule has 31 heavy (non-hydrogen) atoms. The molecule has 0 aliphatic carbocycles. The third-order valence-corrected chi connectivity index (χ3v) is 5.24. The van der Waals surface area contributed by atoms with Crippen LogP contribution in [0.3, 0.4) is 0 Å². The first-order valence-corrected chi connectivity index (χ1v) is 10.2. The number of anilines is 1. The topological polar surface area (TPSA) is 71.3 Å². The van der Waals surface area contributed by atoms with Crippen LogP contribution in [0.5, 0.6) is 0 Å². The number of nitrogens with zero attached hydrogens (tertiary/aromatic N) is 3. The van der Waals surface area contributed by atoms with Gasteiger partial charge in [0, 0.05) is 24.0 Å². The predicted molar refractivity (Wildman–Crippen MR) is 122 cm³/mol. The van der Waals surface area contributed by atoms with Crippen LogP contribution in [0.15, 0.2) is 53.5 Å². The van der Waals surface area contributed by atoms with Crippen molar-refractivity contribution in [3.8, 4) is 0 Å². The van der Waals surface area contributed by atoms with Gasteiger partial charge in [0.2, 0.25) is 5.96 Å². The average Bonchev–Trinajstić information content (AvgIpc) is 2.98. The van der Waals surface area contributed by atoms with Crippen LogP contribution in [-0.2, 0) is 13.6 Å². The number of guanidine groups is 1. The van der Waals surface area contributed by atoms with Gasteiger partial charge in [0.25, 0.3) is 5.91 Å². The Labute approximate surface area is 182 Å². The molecule has 7 heteroatoms. The highest BCUT2D eigenvalue weighted by molar-refractivity contribution is 6.10. The molecular formula is C24H28FN5O. The zero-order chi connectivity index (χ0) is 22.5. The molecule has 0 radical (unpaired) electrons. The maximum absolute atomic E-state index is 14.1. The van der Waals surface area contributed by atoms with E-state index in [0.717, 1.165) is 22.6 Å². The Hall–Kier alpha value is -3.48. The second-order valence-corrected chi connectivity index (χ2v) is 7.77. The fourth-order valence-electron chi connectivity index (χ4n) is 3.22. The summed E-state index contributed by atoms with van der Waals surface area (Å²) in [5.74, 6) is -0.491. The van der Waals surface area contributed by atoms with Crippen LogP contribution in [0, 0.1) is 19.7 Å². The summed E-state index contributed by atoms with van der Waals surface area (Å²) in [6.07, 6.45) is 0. The Morgan fingerprint density at radius 2 is 1.81 bits per heavy atom. The number of carbonyl (C=O) groups is 1. The minimum Gasteiger partial charge on any atom is -0.326 e. The number of halogens is 1. The Morgan fingerprint density at radius 3 is 2.39 bits per heavy atom. The zero-order valence-electron chi connectivity index (χ0n) is 18.5. The second-order valence-electron chi connectivity index (χ2n) is 7.77. The number of hydrogen-bond donors (Lipinski definition) is 2. The Morgan fingerprint density at radius 1 is 1.13 bits per heavy atom. The molecule has 0 saturated heterocycles. The lowest BCUT2D eigenvalue weighted by Gasteiger charge is -2.13. The van der Waals surface area contributed by atoms with E-state index in [0.29, 0.717) is 12.5 Å². The first-order valence-electron chi connectivity index (χ1n) is 10.2. The van der Waals surface area contributed by atoms with Gasteiger partial charge in [-0.2, -0.15) is 5.10 Å². The van der Waals surface area contributed by atoms with Crippen molar-refractivity contribution in [3.63, 3.8) is 0 Å². The first kappa shape index (κ1) is 22.2. The minimum atomic E-state index is -0.584. The molecule has 0 unspecified atom stereocenters. The smallest absolute Gasteiger partial charge is 0.260 e. The van der Waals surface area contributed by atoms with E-state index < -0.39 is 11.7 Å². The number of amides is 1. The van der Waals surface area contributed by atoms with Gasteiger partial charge in [-0.3, -0.25) is 14.8 Å². The molecule has 1 amide bonds. The van der Waals surface area contributed by atoms with Crippen LogP contribution < -0.4 is 10.6 Å². The normalized spacial score (nSPS) is 11.6. The SMILES string of the molecule is Cc1nn(C)c(C)c1CN=C(NC(=O)c1ccccc1F)Nc1ccc(C(C)C)cc1. The van der Waals surface area contributed by atoms with Gasteiger partial charge >= 0.3 is 0 Å². The lowest BCUT2D eigenvalue weighted by molar-refractivity contribution is 0.0973. The highest BCUT2D eigenvalue weighted by Gasteiger charge is 2.15. The van der Waals surface area contributed by atoms with E-state index >= 15 is 0 Å². The molecule has 3 aromatic rings. The van der Waals surface area contributed by atoms with Crippen LogP contribution in [-0.4, -0.2) is 21.6 Å². The highest BCUT2D eigenvalue weighted by Crippen LogP contribution is 2.18. The maximum Gasteiger partial charge on any atom is 0.260 e. The van der Waals surface area contributed by atoms with Crippen molar-refractivity contribution in [1.29, 1.82) is 0 Å². The van der Waals surface area contributed by atoms with Crippen LogP contribution in [0.1, 0.15) is 52.6 Å². The van der Waals surface area contributed by atoms with Gasteiger partial charge in [0.15, 0.2) is 0 Å². The van der Waals surface area contributed by atoms with E-state index in [9.17, 15) is 9.18 Å². The van der Waals surface area contributed by atoms with Crippen LogP contribution in [0.4, 0.5) is 10.1 Å². The third-order valence-electron chi connectivity index (χ3n) is 5.24. The Bertz CT molecular complexity index is 1100. The molecule has 0 fully saturated rings. The number of aryl methyl sites for hydroxylation is 2. The molecule has 6 nitrogen and oxygen atoms in total. The summed E-state index contributed by atoms with van der Waals surface area (Å²) in [5, 5.41) is 10.3. The first-order chi connectivity index (χ1) is 14.8. The van der Waals surface area contributed by atoms with Gasteiger partial charge in [-0.15, -0.1) is 0 Å². The van der Waals surface area contributed by atoms with Gasteiger partial charge < -0.3 is 5.32 Å². The number of aliphatic imine (C=N–C) groups is 1. The van der Waals surface area contributed by atoms with Crippen molar-refractivity contribution in [2.24, 2.45) is 12.0 Å². The van der Waals surface area contributed by atoms with Gasteiger partial charge in [0.1, 0.15) is 5.82 Å². The van der Waals surface area contributed by atoms with Crippen molar-refractivity contribution < 1.29 is 9.18 Å². The summed E-state index contributed by atoms with van der Waals surface area (Å²) in [6.45, 7) is 8.48. The fraction of sp³-hybridized carbons (Fsp3) is 0.292. The van der Waals surface area contributed by atoms with E-state index in [-0.39, 0.29) is 11.5 Å². The van der Waals surface area contributed by atoms with E-state index in [2.05, 4.69) is 34.6 Å². The number of hydrogen-bond acceptors (Lipinski definition) is 3. The minimum absolute atomic E-state index is 0.0408. The molecule has 0 atom stereocenters. The monoisotopic (exact) mass is 421 g/mol. The Kier molecular flexibility index (Phi) is 6.84. The van der Waals surface area contributed by atoms with E-state index in [4.69, 9.17) is 0 Å². The van der Waals surface area contributed by atoms with Gasteiger partial charge in [-0.05, 0) is 49.6 Å². The largest absolute Gasteiger partial charge is 0.326 e. The summed E-state index contributed by atoms with van der Waals surface area (Å²) in [4.78, 5) is 17.2. The fourth-order valence-corrected chi connectivity index (χ4v) is 3.22. The maximum atomic E-state index is 14.1. The predicted octanol–water partition coefficient (Wildman–Crippen LogP) is 4.70. The molecule has 0 bridgehead atoms. The molecule has 1 aromatic heterocycles. The number of benzene rings is 2. The molecule has 0 spiro atoms. The molecule has 0 aliphatic rings. The van der Waals surface area contributed by atoms with Crippen molar-refractivity contribution in [1.82, 2.24) is 15.1 Å². The third kappa shape index (κ3) is 5.36. The van der Waals surface area contributed by atoms with Crippen molar-refractivity contribution in [2.45, 2.75) is 40.2 Å². The quantitative estimate of drug-likeness (QED) is 0.463. The lowest BCUT2D eigenvalue weighted by atomic mass is 10.0. The van der Waals surface area contributed by atoms with Gasteiger partial charge in [-0.1, -0.05) is 38.1 Å². The summed E-state index contributed by atoms with van der Waals surface area (Å²) in [6, 6.07) is 13.8. The standard InChI is InChI=1S/C24H28FN5O/c1-15(2)18-10-12-19(13-11-18)27-24(26-14-21-16(3)29-30(5)17(21)4)28-23(31)20-8-6-7-9-22(20)25/h6-13,15H,14H2,1-5H3,(H2,26,27,28,31). The van der Waals surface area contributed by atoms with Crippen molar-refractivity contribution in [2.75, 3.05) is 5.32 Å². The highest BCUT2D eigenvalue weighted by atomic mass is 19.1. The van der Waals surface area contributed by atoms with E-state index in [1.54, 1.807) is 16.8 Å². The molecule has 3 rings (SSSR count). The van der Waals surface area contributed by atoms with Crippen molar-refractivity contribution in [3.05, 3.63) is 82.4 Å². The van der Waals surface area contributed by atoms with Gasteiger partial charge in [0.05, 0.1) is 17.8 Å². The summed E-state index contributed by atoms with van der Waals surface area (Å²) in [7, 11) is 1.88. The second kappa shape index (κ2) is 9.55. The summed E-state index contributed by atoms with van der Waals surface area (Å²) >= 11 is 0. The molecule has 162 valence electrons. The Balaban J connectivity index is 1.87. The molecule has 0 saturated carbocycles. The number of nitrogens with one attached hydrogen (secondary N) is 2. The van der Waals surface area contributed by atoms with Crippen LogP contribution in [0.25, 0.3) is 0 Å². The van der Waals surface area contributed by atoms with E-state index in [1.165, 1.54) is 17.7 Å². The summed E-state index contributed by atoms with van der Waals surface area (Å²) in [5.41, 5.74) is 4.81. The van der Waals surface area contributed by atoms with Gasteiger partial charge in [-0.25, -0.2) is 9.38 Å². The molecule has 1 heterocycles. The van der Waals surface area contributed by atoms with Crippen molar-refractivity contribution >= 4 is 17.6 Å². The summed E-state index contributed by atoms with van der Waals surface area (Å²) < 4.78 is 15.9.